The summed E-state index contributed by atoms with van der Waals surface area (Å²) in [4.78, 5) is 34.9. The Kier molecular flexibility index (Phi) is 14.1. The number of carbonyl (C=O) groups excluding carboxylic acids is 1. The molecule has 6 aromatic rings. The summed E-state index contributed by atoms with van der Waals surface area (Å²) in [7, 11) is 0. The SMILES string of the molecule is CC[C@@H]([C@H](C)OC(=O)CCCOCc1ccccc1)n1ncn(-c2ccc(N3CCN(c4ccc(OC[C@@H]5CO[C@@](Cn6cncn6)(c6ccc(F)cc6F)C5)cc4)CC3)cc2)c1=O. The topological polar surface area (TPSA) is 131 Å². The van der Waals surface area contributed by atoms with E-state index in [4.69, 9.17) is 18.9 Å². The van der Waals surface area contributed by atoms with Crippen molar-refractivity contribution in [2.75, 3.05) is 55.8 Å². The average molecular weight is 877 g/mol. The molecule has 4 aromatic carbocycles. The van der Waals surface area contributed by atoms with Crippen LogP contribution in [0.25, 0.3) is 5.69 Å². The Labute approximate surface area is 370 Å². The maximum absolute atomic E-state index is 15.0. The van der Waals surface area contributed by atoms with E-state index in [1.165, 1.54) is 34.0 Å². The van der Waals surface area contributed by atoms with Gasteiger partial charge in [-0.2, -0.15) is 10.2 Å². The largest absolute Gasteiger partial charge is 0.493 e. The highest BCUT2D eigenvalue weighted by atomic mass is 19.1. The Balaban J connectivity index is 0.791. The number of ether oxygens (including phenoxy) is 4. The van der Waals surface area contributed by atoms with E-state index in [9.17, 15) is 14.0 Å². The number of nitrogens with zero attached hydrogens (tertiary/aromatic N) is 8. The number of benzene rings is 4. The Hall–Kier alpha value is -6.39. The van der Waals surface area contributed by atoms with Crippen LogP contribution in [0.2, 0.25) is 0 Å². The number of rotatable bonds is 19. The number of piperazine rings is 1. The number of hydrogen-bond donors (Lipinski definition) is 0. The van der Waals surface area contributed by atoms with Crippen LogP contribution < -0.4 is 20.2 Å². The van der Waals surface area contributed by atoms with Gasteiger partial charge in [0.1, 0.15) is 48.1 Å². The second-order valence-corrected chi connectivity index (χ2v) is 16.4. The molecule has 4 heterocycles. The molecule has 0 bridgehead atoms. The molecule has 0 amide bonds. The van der Waals surface area contributed by atoms with Crippen molar-refractivity contribution in [2.24, 2.45) is 5.92 Å². The maximum atomic E-state index is 15.0. The lowest BCUT2D eigenvalue weighted by atomic mass is 9.87. The van der Waals surface area contributed by atoms with Gasteiger partial charge in [0.25, 0.3) is 0 Å². The molecule has 2 aromatic heterocycles. The molecule has 2 fully saturated rings. The second-order valence-electron chi connectivity index (χ2n) is 16.4. The van der Waals surface area contributed by atoms with Crippen molar-refractivity contribution >= 4 is 17.3 Å². The Bertz CT molecular complexity index is 2480. The molecule has 0 saturated carbocycles. The van der Waals surface area contributed by atoms with Gasteiger partial charge in [0.05, 0.1) is 38.1 Å². The van der Waals surface area contributed by atoms with Gasteiger partial charge < -0.3 is 28.7 Å². The molecule has 16 heteroatoms. The van der Waals surface area contributed by atoms with Gasteiger partial charge in [0, 0.05) is 68.1 Å². The predicted octanol–water partition coefficient (Wildman–Crippen LogP) is 7.12. The van der Waals surface area contributed by atoms with E-state index in [2.05, 4.69) is 37.1 Å². The van der Waals surface area contributed by atoms with Gasteiger partial charge in [-0.25, -0.2) is 32.5 Å². The predicted molar refractivity (Wildman–Crippen MR) is 237 cm³/mol. The van der Waals surface area contributed by atoms with Gasteiger partial charge in [-0.1, -0.05) is 43.3 Å². The zero-order valence-corrected chi connectivity index (χ0v) is 36.2. The number of aromatic nitrogens is 6. The normalized spacial score (nSPS) is 18.5. The summed E-state index contributed by atoms with van der Waals surface area (Å²) in [5.41, 5.74) is 2.90. The molecule has 64 heavy (non-hydrogen) atoms. The first kappa shape index (κ1) is 44.2. The molecule has 4 atom stereocenters. The van der Waals surface area contributed by atoms with Crippen molar-refractivity contribution in [3.8, 4) is 11.4 Å². The summed E-state index contributed by atoms with van der Waals surface area (Å²) in [6, 6.07) is 29.0. The fraction of sp³-hybridized carbons (Fsp3) is 0.396. The monoisotopic (exact) mass is 876 g/mol. The van der Waals surface area contributed by atoms with Crippen molar-refractivity contribution in [3.63, 3.8) is 0 Å². The first-order chi connectivity index (χ1) is 31.2. The minimum atomic E-state index is -1.03. The van der Waals surface area contributed by atoms with Gasteiger partial charge in [-0.15, -0.1) is 0 Å². The zero-order chi connectivity index (χ0) is 44.5. The van der Waals surface area contributed by atoms with Crippen LogP contribution in [0.1, 0.15) is 56.7 Å². The molecule has 2 aliphatic heterocycles. The van der Waals surface area contributed by atoms with Crippen LogP contribution >= 0.6 is 0 Å². The van der Waals surface area contributed by atoms with Crippen LogP contribution in [0.5, 0.6) is 5.75 Å². The second kappa shape index (κ2) is 20.4. The lowest BCUT2D eigenvalue weighted by Crippen LogP contribution is -2.46. The molecule has 2 saturated heterocycles. The van der Waals surface area contributed by atoms with Gasteiger partial charge in [0.2, 0.25) is 0 Å². The Morgan fingerprint density at radius 2 is 1.59 bits per heavy atom. The highest BCUT2D eigenvalue weighted by Gasteiger charge is 2.44. The van der Waals surface area contributed by atoms with Crippen LogP contribution in [-0.2, 0) is 37.8 Å². The highest BCUT2D eigenvalue weighted by Crippen LogP contribution is 2.42. The summed E-state index contributed by atoms with van der Waals surface area (Å²) < 4.78 is 57.3. The Morgan fingerprint density at radius 1 is 0.891 bits per heavy atom. The molecule has 8 rings (SSSR count). The number of carbonyl (C=O) groups is 1. The minimum absolute atomic E-state index is 0.0263. The molecule has 0 spiro atoms. The van der Waals surface area contributed by atoms with Gasteiger partial charge in [0.15, 0.2) is 0 Å². The highest BCUT2D eigenvalue weighted by molar-refractivity contribution is 5.69. The molecule has 0 radical (unpaired) electrons. The number of anilines is 2. The van der Waals surface area contributed by atoms with Crippen molar-refractivity contribution in [1.82, 2.24) is 29.1 Å². The fourth-order valence-corrected chi connectivity index (χ4v) is 8.65. The molecule has 0 aliphatic carbocycles. The molecule has 2 aliphatic rings. The lowest BCUT2D eigenvalue weighted by Gasteiger charge is -2.37. The summed E-state index contributed by atoms with van der Waals surface area (Å²) >= 11 is 0. The van der Waals surface area contributed by atoms with Crippen LogP contribution in [0.15, 0.2) is 121 Å². The summed E-state index contributed by atoms with van der Waals surface area (Å²) in [6.07, 6.45) is 5.74. The lowest BCUT2D eigenvalue weighted by molar-refractivity contribution is -0.151. The van der Waals surface area contributed by atoms with Crippen LogP contribution in [0.3, 0.4) is 0 Å². The van der Waals surface area contributed by atoms with E-state index in [0.29, 0.717) is 51.4 Å². The van der Waals surface area contributed by atoms with Crippen LogP contribution in [-0.4, -0.2) is 87.2 Å². The van der Waals surface area contributed by atoms with Crippen molar-refractivity contribution in [1.29, 1.82) is 0 Å². The third kappa shape index (κ3) is 10.5. The van der Waals surface area contributed by atoms with Crippen molar-refractivity contribution in [2.45, 2.75) is 70.4 Å². The molecule has 0 unspecified atom stereocenters. The first-order valence-electron chi connectivity index (χ1n) is 21.9. The quantitative estimate of drug-likeness (QED) is 0.0609. The van der Waals surface area contributed by atoms with Crippen molar-refractivity contribution < 1.29 is 32.5 Å². The summed E-state index contributed by atoms with van der Waals surface area (Å²) in [6.45, 7) is 8.94. The zero-order valence-electron chi connectivity index (χ0n) is 36.2. The first-order valence-corrected chi connectivity index (χ1v) is 21.9. The van der Waals surface area contributed by atoms with E-state index in [1.54, 1.807) is 17.9 Å². The third-order valence-electron chi connectivity index (χ3n) is 12.0. The van der Waals surface area contributed by atoms with Crippen LogP contribution in [0, 0.1) is 17.6 Å². The van der Waals surface area contributed by atoms with Gasteiger partial charge in [-0.3, -0.25) is 4.79 Å². The number of halogens is 2. The minimum Gasteiger partial charge on any atom is -0.493 e. The summed E-state index contributed by atoms with van der Waals surface area (Å²) in [5.74, 6) is -0.929. The standard InChI is InChI=1S/C48H54F2N8O6/c1-3-45(35(2)64-46(59)10-7-25-61-28-36-8-5-4-6-9-36)58-47(60)57(34-53-58)41-14-12-39(13-15-41)54-21-23-55(24-22-54)40-16-18-42(19-17-40)62-29-37-27-48(63-30-37,31-56-33-51-32-52-56)43-20-11-38(49)26-44(43)50/h4-6,8-9,11-20,26,32-35,37,45H,3,7,10,21-25,27-31H2,1-2H3/t35-,37+,45-,48-/m0/s1. The van der Waals surface area contributed by atoms with E-state index in [-0.39, 0.29) is 36.1 Å². The van der Waals surface area contributed by atoms with Crippen molar-refractivity contribution in [3.05, 3.63) is 149 Å². The molecule has 14 nitrogen and oxygen atoms in total. The average Bonchev–Trinajstić information content (AvgIpc) is 4.08. The number of hydrogen-bond acceptors (Lipinski definition) is 11. The molecule has 336 valence electrons. The smallest absolute Gasteiger partial charge is 0.350 e. The van der Waals surface area contributed by atoms with Gasteiger partial charge >= 0.3 is 11.7 Å². The fourth-order valence-electron chi connectivity index (χ4n) is 8.65. The van der Waals surface area contributed by atoms with E-state index >= 15 is 4.39 Å². The van der Waals surface area contributed by atoms with E-state index in [1.807, 2.05) is 73.7 Å². The molecular weight excluding hydrogens is 823 g/mol. The third-order valence-corrected chi connectivity index (χ3v) is 12.0. The van der Waals surface area contributed by atoms with E-state index in [0.717, 1.165) is 54.9 Å². The van der Waals surface area contributed by atoms with Gasteiger partial charge in [-0.05, 0) is 86.3 Å². The molecular formula is C48H54F2N8O6. The van der Waals surface area contributed by atoms with E-state index < -0.39 is 29.4 Å². The van der Waals surface area contributed by atoms with Crippen LogP contribution in [0.4, 0.5) is 20.2 Å². The molecule has 0 N–H and O–H groups in total. The number of esters is 1. The maximum Gasteiger partial charge on any atom is 0.350 e. The Morgan fingerprint density at radius 3 is 2.27 bits per heavy atom. The summed E-state index contributed by atoms with van der Waals surface area (Å²) in [5, 5.41) is 8.62.